The summed E-state index contributed by atoms with van der Waals surface area (Å²) in [6.07, 6.45) is 0. The summed E-state index contributed by atoms with van der Waals surface area (Å²) < 4.78 is 13.2. The molecule has 0 saturated carbocycles. The Morgan fingerprint density at radius 2 is 1.06 bits per heavy atom. The first-order valence-electron chi connectivity index (χ1n) is 17.3. The summed E-state index contributed by atoms with van der Waals surface area (Å²) in [5, 5.41) is 6.62. The summed E-state index contributed by atoms with van der Waals surface area (Å²) >= 11 is 0. The van der Waals surface area contributed by atoms with Gasteiger partial charge in [-0.1, -0.05) is 123 Å². The minimum atomic E-state index is -0.229. The molecule has 0 unspecified atom stereocenters. The molecule has 0 N–H and O–H groups in total. The first-order valence-corrected chi connectivity index (χ1v) is 17.3. The summed E-state index contributed by atoms with van der Waals surface area (Å²) in [4.78, 5) is 15.3. The summed E-state index contributed by atoms with van der Waals surface area (Å²) in [5.74, 6) is 1.75. The monoisotopic (exact) mass is 655 g/mol. The van der Waals surface area contributed by atoms with Crippen LogP contribution >= 0.6 is 0 Å². The lowest BCUT2D eigenvalue weighted by atomic mass is 9.79. The molecule has 0 spiro atoms. The fraction of sp³-hybridized carbons (Fsp3) is 0.0652. The molecule has 1 aliphatic rings. The lowest BCUT2D eigenvalue weighted by Crippen LogP contribution is -2.15. The molecule has 5 nitrogen and oxygen atoms in total. The van der Waals surface area contributed by atoms with Gasteiger partial charge in [0.05, 0.1) is 5.56 Å². The lowest BCUT2D eigenvalue weighted by molar-refractivity contribution is 0.659. The van der Waals surface area contributed by atoms with E-state index >= 15 is 0 Å². The predicted octanol–water partition coefficient (Wildman–Crippen LogP) is 12.1. The molecule has 11 rings (SSSR count). The number of hydrogen-bond acceptors (Lipinski definition) is 5. The highest BCUT2D eigenvalue weighted by Gasteiger charge is 2.39. The SMILES string of the molecule is CC1(C)c2ccccc2-c2c1c1c3cc(-c4nc(-c5ccccc5)nc(-c5cccc6c5oc5ccccc56)n4)ccc3oc1c1ccccc21. The first kappa shape index (κ1) is 28.3. The Morgan fingerprint density at radius 1 is 0.451 bits per heavy atom. The number of hydrogen-bond donors (Lipinski definition) is 0. The van der Waals surface area contributed by atoms with Crippen LogP contribution in [0.15, 0.2) is 148 Å². The molecule has 0 fully saturated rings. The van der Waals surface area contributed by atoms with E-state index in [1.54, 1.807) is 0 Å². The number of aromatic nitrogens is 3. The zero-order valence-electron chi connectivity index (χ0n) is 27.9. The van der Waals surface area contributed by atoms with Gasteiger partial charge in [0.1, 0.15) is 22.3 Å². The van der Waals surface area contributed by atoms with Gasteiger partial charge in [-0.15, -0.1) is 0 Å². The zero-order chi connectivity index (χ0) is 33.8. The van der Waals surface area contributed by atoms with Crippen molar-refractivity contribution in [3.63, 3.8) is 0 Å². The zero-order valence-corrected chi connectivity index (χ0v) is 27.9. The molecule has 0 radical (unpaired) electrons. The first-order chi connectivity index (χ1) is 25.0. The summed E-state index contributed by atoms with van der Waals surface area (Å²) in [6.45, 7) is 4.66. The Hall–Kier alpha value is -6.59. The normalized spacial score (nSPS) is 13.5. The molecular formula is C46H29N3O2. The third kappa shape index (κ3) is 3.94. The number of benzene rings is 7. The van der Waals surface area contributed by atoms with E-state index in [-0.39, 0.29) is 5.41 Å². The molecule has 0 saturated heterocycles. The van der Waals surface area contributed by atoms with Crippen LogP contribution in [0, 0.1) is 0 Å². The minimum Gasteiger partial charge on any atom is -0.455 e. The molecule has 1 aliphatic carbocycles. The van der Waals surface area contributed by atoms with Gasteiger partial charge in [0, 0.05) is 43.5 Å². The molecule has 5 heteroatoms. The van der Waals surface area contributed by atoms with E-state index in [9.17, 15) is 0 Å². The van der Waals surface area contributed by atoms with Crippen LogP contribution in [0.4, 0.5) is 0 Å². The van der Waals surface area contributed by atoms with Crippen molar-refractivity contribution in [2.24, 2.45) is 0 Å². The van der Waals surface area contributed by atoms with Crippen molar-refractivity contribution in [1.82, 2.24) is 15.0 Å². The molecular weight excluding hydrogens is 627 g/mol. The highest BCUT2D eigenvalue weighted by Crippen LogP contribution is 2.56. The number of furan rings is 2. The van der Waals surface area contributed by atoms with Crippen molar-refractivity contribution in [3.8, 4) is 45.3 Å². The van der Waals surface area contributed by atoms with Gasteiger partial charge in [-0.05, 0) is 58.0 Å². The van der Waals surface area contributed by atoms with E-state index in [4.69, 9.17) is 23.8 Å². The Bertz CT molecular complexity index is 3060. The van der Waals surface area contributed by atoms with Gasteiger partial charge in [0.2, 0.25) is 0 Å². The van der Waals surface area contributed by atoms with Crippen molar-refractivity contribution in [2.45, 2.75) is 19.3 Å². The van der Waals surface area contributed by atoms with Crippen LogP contribution in [0.5, 0.6) is 0 Å². The average Bonchev–Trinajstić information content (AvgIpc) is 3.83. The van der Waals surface area contributed by atoms with Gasteiger partial charge in [-0.2, -0.15) is 0 Å². The van der Waals surface area contributed by atoms with E-state index < -0.39 is 0 Å². The lowest BCUT2D eigenvalue weighted by Gasteiger charge is -2.22. The van der Waals surface area contributed by atoms with Crippen molar-refractivity contribution < 1.29 is 8.83 Å². The molecule has 0 atom stereocenters. The van der Waals surface area contributed by atoms with Crippen LogP contribution in [-0.2, 0) is 5.41 Å². The number of nitrogens with zero attached hydrogens (tertiary/aromatic N) is 3. The summed E-state index contributed by atoms with van der Waals surface area (Å²) in [7, 11) is 0. The van der Waals surface area contributed by atoms with Crippen LogP contribution < -0.4 is 0 Å². The molecule has 240 valence electrons. The van der Waals surface area contributed by atoms with Crippen LogP contribution in [0.25, 0.3) is 99.9 Å². The Morgan fingerprint density at radius 3 is 1.92 bits per heavy atom. The average molecular weight is 656 g/mol. The van der Waals surface area contributed by atoms with Gasteiger partial charge in [0.15, 0.2) is 17.5 Å². The van der Waals surface area contributed by atoms with Gasteiger partial charge in [-0.25, -0.2) is 15.0 Å². The smallest absolute Gasteiger partial charge is 0.167 e. The third-order valence-corrected chi connectivity index (χ3v) is 10.7. The van der Waals surface area contributed by atoms with Crippen LogP contribution in [0.1, 0.15) is 25.0 Å². The fourth-order valence-electron chi connectivity index (χ4n) is 8.38. The summed E-state index contributed by atoms with van der Waals surface area (Å²) in [6, 6.07) is 48.1. The van der Waals surface area contributed by atoms with Crippen molar-refractivity contribution >= 4 is 54.6 Å². The third-order valence-electron chi connectivity index (χ3n) is 10.7. The van der Waals surface area contributed by atoms with Gasteiger partial charge in [0.25, 0.3) is 0 Å². The summed E-state index contributed by atoms with van der Waals surface area (Å²) in [5.41, 5.74) is 10.9. The maximum absolute atomic E-state index is 6.77. The van der Waals surface area contributed by atoms with E-state index in [2.05, 4.69) is 92.7 Å². The second kappa shape index (κ2) is 10.2. The molecule has 0 bridgehead atoms. The Labute approximate surface area is 292 Å². The largest absolute Gasteiger partial charge is 0.455 e. The quantitative estimate of drug-likeness (QED) is 0.189. The predicted molar refractivity (Wildman–Crippen MR) is 206 cm³/mol. The number of fused-ring (bicyclic) bond motifs is 13. The van der Waals surface area contributed by atoms with Crippen molar-refractivity contribution in [2.75, 3.05) is 0 Å². The van der Waals surface area contributed by atoms with E-state index in [0.717, 1.165) is 66.0 Å². The topological polar surface area (TPSA) is 65.0 Å². The van der Waals surface area contributed by atoms with Gasteiger partial charge < -0.3 is 8.83 Å². The van der Waals surface area contributed by atoms with E-state index in [1.165, 1.54) is 27.6 Å². The van der Waals surface area contributed by atoms with Crippen LogP contribution in [-0.4, -0.2) is 15.0 Å². The second-order valence-corrected chi connectivity index (χ2v) is 13.9. The van der Waals surface area contributed by atoms with Gasteiger partial charge in [-0.3, -0.25) is 0 Å². The molecule has 51 heavy (non-hydrogen) atoms. The van der Waals surface area contributed by atoms with Crippen LogP contribution in [0.3, 0.4) is 0 Å². The Balaban J connectivity index is 1.19. The molecule has 0 amide bonds. The maximum atomic E-state index is 6.77. The van der Waals surface area contributed by atoms with E-state index in [1.807, 2.05) is 60.7 Å². The molecule has 7 aromatic carbocycles. The highest BCUT2D eigenvalue weighted by molar-refractivity contribution is 6.23. The standard InChI is InChI=1S/C46H29N3O2/c1-46(2)35-21-10-8-18-32(35)38-29-16-6-7-17-31(29)42-39(40(38)46)34-25-27(23-24-37(34)51-42)44-47-43(26-13-4-3-5-14-26)48-45(49-44)33-20-12-19-30-28-15-9-11-22-36(28)50-41(30)33/h3-25H,1-2H3. The number of rotatable bonds is 3. The second-order valence-electron chi connectivity index (χ2n) is 13.9. The molecule has 3 aromatic heterocycles. The Kier molecular flexibility index (Phi) is 5.66. The molecule has 0 aliphatic heterocycles. The van der Waals surface area contributed by atoms with Gasteiger partial charge >= 0.3 is 0 Å². The minimum absolute atomic E-state index is 0.229. The number of para-hydroxylation sites is 2. The highest BCUT2D eigenvalue weighted by atomic mass is 16.3. The molecule has 10 aromatic rings. The van der Waals surface area contributed by atoms with E-state index in [0.29, 0.717) is 17.5 Å². The fourth-order valence-corrected chi connectivity index (χ4v) is 8.38. The van der Waals surface area contributed by atoms with Crippen LogP contribution in [0.2, 0.25) is 0 Å². The van der Waals surface area contributed by atoms with Crippen molar-refractivity contribution in [1.29, 1.82) is 0 Å². The maximum Gasteiger partial charge on any atom is 0.167 e. The van der Waals surface area contributed by atoms with Crippen molar-refractivity contribution in [3.05, 3.63) is 151 Å². The molecule has 3 heterocycles.